The summed E-state index contributed by atoms with van der Waals surface area (Å²) < 4.78 is 23.9. The highest BCUT2D eigenvalue weighted by Gasteiger charge is 2.32. The third kappa shape index (κ3) is 5.16. The van der Waals surface area contributed by atoms with Crippen molar-refractivity contribution in [3.05, 3.63) is 59.4 Å². The van der Waals surface area contributed by atoms with Crippen LogP contribution in [0.1, 0.15) is 29.8 Å². The summed E-state index contributed by atoms with van der Waals surface area (Å²) in [4.78, 5) is 28.2. The van der Waals surface area contributed by atoms with Gasteiger partial charge in [-0.25, -0.2) is 4.39 Å². The Morgan fingerprint density at radius 2 is 1.87 bits per heavy atom. The highest BCUT2D eigenvalue weighted by molar-refractivity contribution is 5.81. The molecular weight excluding hydrogens is 387 g/mol. The van der Waals surface area contributed by atoms with Gasteiger partial charge in [-0.05, 0) is 49.7 Å². The molecule has 2 aromatic carbocycles. The maximum Gasteiger partial charge on any atom is 0.260 e. The number of ether oxygens (including phenoxy) is 2. The number of nitrogens with zero attached hydrogens (tertiary/aromatic N) is 2. The molecule has 1 amide bonds. The van der Waals surface area contributed by atoms with E-state index in [1.807, 2.05) is 11.8 Å². The molecule has 0 saturated carbocycles. The first-order valence-corrected chi connectivity index (χ1v) is 9.95. The number of hydrogen-bond donors (Lipinski definition) is 0. The van der Waals surface area contributed by atoms with Gasteiger partial charge >= 0.3 is 0 Å². The summed E-state index contributed by atoms with van der Waals surface area (Å²) in [6.45, 7) is 5.94. The van der Waals surface area contributed by atoms with Crippen molar-refractivity contribution >= 4 is 12.2 Å². The van der Waals surface area contributed by atoms with Crippen molar-refractivity contribution in [1.82, 2.24) is 9.80 Å². The molecule has 1 aliphatic rings. The summed E-state index contributed by atoms with van der Waals surface area (Å²) in [5, 5.41) is 0. The summed E-state index contributed by atoms with van der Waals surface area (Å²) in [5.41, 5.74) is 1.38. The minimum atomic E-state index is -0.245. The molecule has 30 heavy (non-hydrogen) atoms. The van der Waals surface area contributed by atoms with Crippen LogP contribution in [0.3, 0.4) is 0 Å². The highest BCUT2D eigenvalue weighted by atomic mass is 19.1. The molecule has 6 nitrogen and oxygen atoms in total. The largest absolute Gasteiger partial charge is 0.497 e. The molecule has 1 heterocycles. The summed E-state index contributed by atoms with van der Waals surface area (Å²) in [5.74, 6) is 0.541. The predicted molar refractivity (Wildman–Crippen MR) is 111 cm³/mol. The number of carbonyl (C=O) groups is 2. The van der Waals surface area contributed by atoms with Gasteiger partial charge in [0, 0.05) is 31.7 Å². The normalized spacial score (nSPS) is 19.4. The van der Waals surface area contributed by atoms with Gasteiger partial charge in [-0.1, -0.05) is 12.1 Å². The standard InChI is InChI=1S/C23H27FN2O4/c1-16-12-26(17(2)11-25(16)13-18-4-6-20(24)7-5-18)23(28)15-30-22-9-8-21(29-3)10-19(22)14-27/h4-10,14,16-17H,11-13,15H2,1-3H3/t16-,17+/m1/s1. The zero-order valence-corrected chi connectivity index (χ0v) is 17.5. The third-order valence-electron chi connectivity index (χ3n) is 5.43. The molecule has 0 aliphatic carbocycles. The first-order valence-electron chi connectivity index (χ1n) is 9.95. The van der Waals surface area contributed by atoms with Crippen molar-refractivity contribution in [2.45, 2.75) is 32.5 Å². The molecule has 0 bridgehead atoms. The number of piperazine rings is 1. The minimum absolute atomic E-state index is 0.0131. The first kappa shape index (κ1) is 21.8. The fraction of sp³-hybridized carbons (Fsp3) is 0.391. The van der Waals surface area contributed by atoms with Crippen LogP contribution in [-0.4, -0.2) is 60.9 Å². The smallest absolute Gasteiger partial charge is 0.260 e. The number of benzene rings is 2. The fourth-order valence-corrected chi connectivity index (χ4v) is 3.69. The molecule has 160 valence electrons. The molecule has 2 aromatic rings. The average Bonchev–Trinajstić information content (AvgIpc) is 2.75. The minimum Gasteiger partial charge on any atom is -0.497 e. The van der Waals surface area contributed by atoms with E-state index in [1.54, 1.807) is 30.3 Å². The molecule has 1 aliphatic heterocycles. The van der Waals surface area contributed by atoms with Gasteiger partial charge in [0.15, 0.2) is 12.9 Å². The van der Waals surface area contributed by atoms with Gasteiger partial charge in [-0.3, -0.25) is 14.5 Å². The molecule has 3 rings (SSSR count). The van der Waals surface area contributed by atoms with Crippen LogP contribution in [-0.2, 0) is 11.3 Å². The van der Waals surface area contributed by atoms with Gasteiger partial charge < -0.3 is 14.4 Å². The second kappa shape index (κ2) is 9.71. The van der Waals surface area contributed by atoms with Crippen LogP contribution in [0.5, 0.6) is 11.5 Å². The monoisotopic (exact) mass is 414 g/mol. The molecule has 7 heteroatoms. The van der Waals surface area contributed by atoms with E-state index in [4.69, 9.17) is 9.47 Å². The Balaban J connectivity index is 1.58. The topological polar surface area (TPSA) is 59.1 Å². The van der Waals surface area contributed by atoms with Crippen LogP contribution in [0.15, 0.2) is 42.5 Å². The number of aldehydes is 1. The Bertz CT molecular complexity index is 887. The summed E-state index contributed by atoms with van der Waals surface area (Å²) in [7, 11) is 1.52. The number of hydrogen-bond acceptors (Lipinski definition) is 5. The quantitative estimate of drug-likeness (QED) is 0.652. The number of halogens is 1. The van der Waals surface area contributed by atoms with Crippen molar-refractivity contribution in [2.24, 2.45) is 0 Å². The average molecular weight is 414 g/mol. The van der Waals surface area contributed by atoms with Gasteiger partial charge in [0.05, 0.1) is 12.7 Å². The van der Waals surface area contributed by atoms with Crippen LogP contribution >= 0.6 is 0 Å². The van der Waals surface area contributed by atoms with Gasteiger partial charge in [0.25, 0.3) is 5.91 Å². The zero-order chi connectivity index (χ0) is 21.7. The second-order valence-electron chi connectivity index (χ2n) is 7.61. The molecule has 1 fully saturated rings. The van der Waals surface area contributed by atoms with E-state index < -0.39 is 0 Å². The van der Waals surface area contributed by atoms with Crippen molar-refractivity contribution in [3.63, 3.8) is 0 Å². The Morgan fingerprint density at radius 3 is 2.53 bits per heavy atom. The van der Waals surface area contributed by atoms with Crippen LogP contribution < -0.4 is 9.47 Å². The Kier molecular flexibility index (Phi) is 7.05. The predicted octanol–water partition coefficient (Wildman–Crippen LogP) is 3.15. The lowest BCUT2D eigenvalue weighted by Crippen LogP contribution is -2.58. The fourth-order valence-electron chi connectivity index (χ4n) is 3.69. The van der Waals surface area contributed by atoms with Crippen molar-refractivity contribution < 1.29 is 23.5 Å². The molecule has 0 radical (unpaired) electrons. The van der Waals surface area contributed by atoms with Crippen LogP contribution in [0.25, 0.3) is 0 Å². The highest BCUT2D eigenvalue weighted by Crippen LogP contribution is 2.23. The molecule has 0 N–H and O–H groups in total. The van der Waals surface area contributed by atoms with Crippen LogP contribution in [0.2, 0.25) is 0 Å². The van der Waals surface area contributed by atoms with E-state index in [0.717, 1.165) is 5.56 Å². The van der Waals surface area contributed by atoms with Crippen molar-refractivity contribution in [3.8, 4) is 11.5 Å². The van der Waals surface area contributed by atoms with Gasteiger partial charge in [0.1, 0.15) is 17.3 Å². The van der Waals surface area contributed by atoms with E-state index in [1.165, 1.54) is 19.2 Å². The lowest BCUT2D eigenvalue weighted by molar-refractivity contribution is -0.139. The molecule has 1 saturated heterocycles. The van der Waals surface area contributed by atoms with E-state index >= 15 is 0 Å². The van der Waals surface area contributed by atoms with E-state index in [9.17, 15) is 14.0 Å². The first-order chi connectivity index (χ1) is 14.4. The molecule has 2 atom stereocenters. The number of amides is 1. The summed E-state index contributed by atoms with van der Waals surface area (Å²) in [6.07, 6.45) is 0.682. The van der Waals surface area contributed by atoms with E-state index in [0.29, 0.717) is 43.0 Å². The van der Waals surface area contributed by atoms with Gasteiger partial charge in [-0.2, -0.15) is 0 Å². The lowest BCUT2D eigenvalue weighted by atomic mass is 10.1. The van der Waals surface area contributed by atoms with Crippen molar-refractivity contribution in [2.75, 3.05) is 26.8 Å². The van der Waals surface area contributed by atoms with Crippen LogP contribution in [0.4, 0.5) is 4.39 Å². The Labute approximate surface area is 176 Å². The SMILES string of the molecule is COc1ccc(OCC(=O)N2C[C@@H](C)N(Cc3ccc(F)cc3)C[C@@H]2C)c(C=O)c1. The Morgan fingerprint density at radius 1 is 1.13 bits per heavy atom. The maximum absolute atomic E-state index is 13.1. The third-order valence-corrected chi connectivity index (χ3v) is 5.43. The van der Waals surface area contributed by atoms with Gasteiger partial charge in [0.2, 0.25) is 0 Å². The number of carbonyl (C=O) groups excluding carboxylic acids is 2. The van der Waals surface area contributed by atoms with Crippen molar-refractivity contribution in [1.29, 1.82) is 0 Å². The molecule has 0 aromatic heterocycles. The maximum atomic E-state index is 13.1. The molecular formula is C23H27FN2O4. The summed E-state index contributed by atoms with van der Waals surface area (Å²) >= 11 is 0. The van der Waals surface area contributed by atoms with Gasteiger partial charge in [-0.15, -0.1) is 0 Å². The lowest BCUT2D eigenvalue weighted by Gasteiger charge is -2.44. The summed E-state index contributed by atoms with van der Waals surface area (Å²) in [6, 6.07) is 11.6. The molecule has 0 spiro atoms. The zero-order valence-electron chi connectivity index (χ0n) is 17.5. The van der Waals surface area contributed by atoms with E-state index in [-0.39, 0.29) is 30.4 Å². The number of rotatable bonds is 7. The van der Waals surface area contributed by atoms with E-state index in [2.05, 4.69) is 11.8 Å². The number of methoxy groups -OCH3 is 1. The van der Waals surface area contributed by atoms with Crippen LogP contribution in [0, 0.1) is 5.82 Å². The molecule has 0 unspecified atom stereocenters. The second-order valence-corrected chi connectivity index (χ2v) is 7.61. The Hall–Kier alpha value is -2.93.